The molecule has 1 saturated carbocycles. The number of nitrogens with zero attached hydrogens (tertiary/aromatic N) is 2. The van der Waals surface area contributed by atoms with Crippen molar-refractivity contribution < 1.29 is 9.84 Å². The molecule has 18 heavy (non-hydrogen) atoms. The molecule has 1 unspecified atom stereocenters. The van der Waals surface area contributed by atoms with Crippen molar-refractivity contribution in [2.24, 2.45) is 7.05 Å². The molecule has 102 valence electrons. The summed E-state index contributed by atoms with van der Waals surface area (Å²) in [6.45, 7) is 2.62. The number of hydrogen-bond acceptors (Lipinski definition) is 3. The maximum Gasteiger partial charge on any atom is 0.126 e. The van der Waals surface area contributed by atoms with Crippen molar-refractivity contribution in [3.05, 3.63) is 16.4 Å². The van der Waals surface area contributed by atoms with Gasteiger partial charge in [-0.3, -0.25) is 4.68 Å². The van der Waals surface area contributed by atoms with Crippen LogP contribution >= 0.6 is 15.9 Å². The Morgan fingerprint density at radius 2 is 2.17 bits per heavy atom. The third-order valence-electron chi connectivity index (χ3n) is 3.83. The zero-order valence-corrected chi connectivity index (χ0v) is 12.6. The molecule has 0 bridgehead atoms. The zero-order chi connectivity index (χ0) is 13.2. The second-order valence-corrected chi connectivity index (χ2v) is 5.82. The largest absolute Gasteiger partial charge is 0.384 e. The Kier molecular flexibility index (Phi) is 4.45. The summed E-state index contributed by atoms with van der Waals surface area (Å²) >= 11 is 3.46. The van der Waals surface area contributed by atoms with E-state index < -0.39 is 11.7 Å². The molecule has 5 heteroatoms. The second kappa shape index (κ2) is 5.72. The average molecular weight is 317 g/mol. The highest BCUT2D eigenvalue weighted by atomic mass is 79.9. The minimum absolute atomic E-state index is 0.441. The van der Waals surface area contributed by atoms with E-state index in [0.717, 1.165) is 35.8 Å². The second-order valence-electron chi connectivity index (χ2n) is 4.96. The van der Waals surface area contributed by atoms with Gasteiger partial charge < -0.3 is 9.84 Å². The molecule has 1 heterocycles. The number of aliphatic hydroxyl groups is 1. The van der Waals surface area contributed by atoms with E-state index in [1.165, 1.54) is 6.42 Å². The van der Waals surface area contributed by atoms with Gasteiger partial charge in [-0.25, -0.2) is 0 Å². The molecule has 1 aliphatic carbocycles. The van der Waals surface area contributed by atoms with Crippen LogP contribution in [0.25, 0.3) is 0 Å². The third-order valence-corrected chi connectivity index (χ3v) is 4.44. The lowest BCUT2D eigenvalue weighted by atomic mass is 9.79. The summed E-state index contributed by atoms with van der Waals surface area (Å²) in [5.74, 6) is 0. The van der Waals surface area contributed by atoms with Crippen LogP contribution < -0.4 is 0 Å². The summed E-state index contributed by atoms with van der Waals surface area (Å²) < 4.78 is 8.53. The quantitative estimate of drug-likeness (QED) is 0.929. The summed E-state index contributed by atoms with van der Waals surface area (Å²) in [5, 5.41) is 14.9. The zero-order valence-electron chi connectivity index (χ0n) is 11.0. The summed E-state index contributed by atoms with van der Waals surface area (Å²) in [7, 11) is 1.85. The standard InChI is InChI=1S/C13H21BrN2O2/c1-3-18-13(7-5-4-6-8-13)12(17)11-10(14)9-15-16(11)2/h9,12,17H,3-8H2,1-2H3. The van der Waals surface area contributed by atoms with Gasteiger partial charge in [-0.1, -0.05) is 19.3 Å². The molecule has 2 rings (SSSR count). The fourth-order valence-electron chi connectivity index (χ4n) is 2.91. The molecule has 0 aromatic carbocycles. The lowest BCUT2D eigenvalue weighted by Crippen LogP contribution is -2.42. The Morgan fingerprint density at radius 1 is 1.50 bits per heavy atom. The van der Waals surface area contributed by atoms with Gasteiger partial charge in [0, 0.05) is 13.7 Å². The number of hydrogen-bond donors (Lipinski definition) is 1. The van der Waals surface area contributed by atoms with Gasteiger partial charge in [0.05, 0.1) is 22.0 Å². The van der Waals surface area contributed by atoms with Gasteiger partial charge in [0.25, 0.3) is 0 Å². The van der Waals surface area contributed by atoms with Crippen molar-refractivity contribution in [1.29, 1.82) is 0 Å². The first-order valence-electron chi connectivity index (χ1n) is 6.60. The highest BCUT2D eigenvalue weighted by Crippen LogP contribution is 2.42. The molecular weight excluding hydrogens is 296 g/mol. The predicted octanol–water partition coefficient (Wildman–Crippen LogP) is 2.96. The van der Waals surface area contributed by atoms with Gasteiger partial charge in [-0.05, 0) is 35.7 Å². The topological polar surface area (TPSA) is 47.3 Å². The number of halogens is 1. The summed E-state index contributed by atoms with van der Waals surface area (Å²) in [4.78, 5) is 0. The van der Waals surface area contributed by atoms with Crippen LogP contribution in [0.4, 0.5) is 0 Å². The minimum atomic E-state index is -0.625. The van der Waals surface area contributed by atoms with E-state index in [-0.39, 0.29) is 0 Å². The van der Waals surface area contributed by atoms with Crippen LogP contribution in [0.2, 0.25) is 0 Å². The molecule has 1 aromatic rings. The Labute approximate surface area is 116 Å². The predicted molar refractivity (Wildman–Crippen MR) is 73.3 cm³/mol. The van der Waals surface area contributed by atoms with Crippen LogP contribution in [0.3, 0.4) is 0 Å². The van der Waals surface area contributed by atoms with Gasteiger partial charge >= 0.3 is 0 Å². The molecule has 4 nitrogen and oxygen atoms in total. The van der Waals surface area contributed by atoms with Gasteiger partial charge in [0.2, 0.25) is 0 Å². The first-order chi connectivity index (χ1) is 8.60. The van der Waals surface area contributed by atoms with Crippen molar-refractivity contribution in [2.45, 2.75) is 50.7 Å². The molecular formula is C13H21BrN2O2. The molecule has 1 N–H and O–H groups in total. The van der Waals surface area contributed by atoms with Crippen molar-refractivity contribution in [1.82, 2.24) is 9.78 Å². The molecule has 0 aliphatic heterocycles. The highest BCUT2D eigenvalue weighted by molar-refractivity contribution is 9.10. The van der Waals surface area contributed by atoms with E-state index in [1.807, 2.05) is 14.0 Å². The van der Waals surface area contributed by atoms with Gasteiger partial charge in [0.1, 0.15) is 6.10 Å². The van der Waals surface area contributed by atoms with E-state index in [9.17, 15) is 5.11 Å². The van der Waals surface area contributed by atoms with Gasteiger partial charge in [-0.2, -0.15) is 5.10 Å². The molecule has 1 fully saturated rings. The van der Waals surface area contributed by atoms with Crippen LogP contribution in [0.1, 0.15) is 50.8 Å². The van der Waals surface area contributed by atoms with Crippen LogP contribution in [-0.2, 0) is 11.8 Å². The van der Waals surface area contributed by atoms with E-state index in [2.05, 4.69) is 21.0 Å². The fraction of sp³-hybridized carbons (Fsp3) is 0.769. The van der Waals surface area contributed by atoms with Crippen molar-refractivity contribution in [2.75, 3.05) is 6.61 Å². The smallest absolute Gasteiger partial charge is 0.126 e. The van der Waals surface area contributed by atoms with Crippen molar-refractivity contribution >= 4 is 15.9 Å². The number of aryl methyl sites for hydroxylation is 1. The minimum Gasteiger partial charge on any atom is -0.384 e. The maximum absolute atomic E-state index is 10.8. The van der Waals surface area contributed by atoms with Gasteiger partial charge in [0.15, 0.2) is 0 Å². The number of rotatable bonds is 4. The lowest BCUT2D eigenvalue weighted by Gasteiger charge is -2.40. The molecule has 0 saturated heterocycles. The maximum atomic E-state index is 10.8. The molecule has 0 spiro atoms. The Morgan fingerprint density at radius 3 is 2.67 bits per heavy atom. The highest BCUT2D eigenvalue weighted by Gasteiger charge is 2.42. The normalized spacial score (nSPS) is 20.9. The van der Waals surface area contributed by atoms with E-state index in [4.69, 9.17) is 4.74 Å². The molecule has 1 aliphatic rings. The van der Waals surface area contributed by atoms with E-state index in [1.54, 1.807) is 10.9 Å². The molecule has 0 amide bonds. The van der Waals surface area contributed by atoms with Crippen molar-refractivity contribution in [3.8, 4) is 0 Å². The number of aliphatic hydroxyl groups excluding tert-OH is 1. The average Bonchev–Trinajstić information content (AvgIpc) is 2.70. The first kappa shape index (κ1) is 14.0. The number of aromatic nitrogens is 2. The van der Waals surface area contributed by atoms with E-state index >= 15 is 0 Å². The van der Waals surface area contributed by atoms with Gasteiger partial charge in [-0.15, -0.1) is 0 Å². The Hall–Kier alpha value is -0.390. The number of ether oxygens (including phenoxy) is 1. The van der Waals surface area contributed by atoms with Crippen LogP contribution in [-0.4, -0.2) is 27.1 Å². The SMILES string of the molecule is CCOC1(C(O)c2c(Br)cnn2C)CCCCC1. The summed E-state index contributed by atoms with van der Waals surface area (Å²) in [6, 6.07) is 0. The van der Waals surface area contributed by atoms with Crippen LogP contribution in [0.15, 0.2) is 10.7 Å². The van der Waals surface area contributed by atoms with Crippen LogP contribution in [0.5, 0.6) is 0 Å². The first-order valence-corrected chi connectivity index (χ1v) is 7.39. The molecule has 1 atom stereocenters. The molecule has 1 aromatic heterocycles. The van der Waals surface area contributed by atoms with Crippen molar-refractivity contribution in [3.63, 3.8) is 0 Å². The molecule has 0 radical (unpaired) electrons. The summed E-state index contributed by atoms with van der Waals surface area (Å²) in [5.41, 5.74) is 0.369. The monoisotopic (exact) mass is 316 g/mol. The Bertz CT molecular complexity index is 375. The van der Waals surface area contributed by atoms with E-state index in [0.29, 0.717) is 6.61 Å². The lowest BCUT2D eigenvalue weighted by molar-refractivity contribution is -0.144. The van der Waals surface area contributed by atoms with Crippen LogP contribution in [0, 0.1) is 0 Å². The third kappa shape index (κ3) is 2.49. The Balaban J connectivity index is 2.30. The fourth-order valence-corrected chi connectivity index (χ4v) is 3.48. The summed E-state index contributed by atoms with van der Waals surface area (Å²) in [6.07, 6.45) is 6.40.